The molecule has 0 saturated carbocycles. The van der Waals surface area contributed by atoms with Crippen LogP contribution < -0.4 is 11.2 Å². The molecule has 0 N–H and O–H groups in total. The third-order valence-electron chi connectivity index (χ3n) is 4.80. The van der Waals surface area contributed by atoms with E-state index in [1.165, 1.54) is 16.7 Å². The molecular weight excluding hydrogens is 407 g/mol. The summed E-state index contributed by atoms with van der Waals surface area (Å²) in [6, 6.07) is 12.5. The van der Waals surface area contributed by atoms with Crippen molar-refractivity contribution < 1.29 is 4.39 Å². The molecule has 0 spiro atoms. The van der Waals surface area contributed by atoms with Gasteiger partial charge in [0, 0.05) is 11.6 Å². The van der Waals surface area contributed by atoms with Gasteiger partial charge in [-0.15, -0.1) is 0 Å². The molecule has 4 aromatic rings. The summed E-state index contributed by atoms with van der Waals surface area (Å²) in [5, 5.41) is 0.535. The average Bonchev–Trinajstić information content (AvgIpc) is 3.11. The molecule has 0 amide bonds. The molecule has 2 aromatic carbocycles. The van der Waals surface area contributed by atoms with Gasteiger partial charge in [-0.3, -0.25) is 9.36 Å². The SMILES string of the molecule is CC(C)Cn1cnc2c1c(=O)n(Cc1ccc(F)cc1)c(=O)n2-c1ccc(Cl)cc1. The Labute approximate surface area is 176 Å². The maximum atomic E-state index is 13.4. The molecule has 8 heteroatoms. The second-order valence-electron chi connectivity index (χ2n) is 7.58. The molecule has 0 atom stereocenters. The molecule has 0 unspecified atom stereocenters. The van der Waals surface area contributed by atoms with Crippen LogP contribution in [-0.4, -0.2) is 18.7 Å². The molecule has 6 nitrogen and oxygen atoms in total. The summed E-state index contributed by atoms with van der Waals surface area (Å²) >= 11 is 6.00. The van der Waals surface area contributed by atoms with Crippen LogP contribution in [0.1, 0.15) is 19.4 Å². The lowest BCUT2D eigenvalue weighted by Gasteiger charge is -2.13. The maximum Gasteiger partial charge on any atom is 0.337 e. The summed E-state index contributed by atoms with van der Waals surface area (Å²) in [6.07, 6.45) is 1.58. The third-order valence-corrected chi connectivity index (χ3v) is 5.05. The molecule has 2 heterocycles. The Balaban J connectivity index is 2.00. The predicted octanol–water partition coefficient (Wildman–Crippen LogP) is 3.85. The van der Waals surface area contributed by atoms with Crippen molar-refractivity contribution in [1.82, 2.24) is 18.7 Å². The van der Waals surface area contributed by atoms with Crippen molar-refractivity contribution in [3.63, 3.8) is 0 Å². The smallest absolute Gasteiger partial charge is 0.324 e. The van der Waals surface area contributed by atoms with E-state index in [1.54, 1.807) is 47.3 Å². The number of rotatable bonds is 5. The van der Waals surface area contributed by atoms with Crippen LogP contribution in [0.2, 0.25) is 5.02 Å². The summed E-state index contributed by atoms with van der Waals surface area (Å²) in [5.41, 5.74) is 0.893. The Bertz CT molecular complexity index is 1320. The fourth-order valence-corrected chi connectivity index (χ4v) is 3.57. The largest absolute Gasteiger partial charge is 0.337 e. The standard InChI is InChI=1S/C22H20ClFN4O2/c1-14(2)11-26-13-25-20-19(26)21(29)27(12-15-3-7-17(24)8-4-15)22(30)28(20)18-9-5-16(23)6-10-18/h3-10,13-14H,11-12H2,1-2H3. The van der Waals surface area contributed by atoms with Crippen LogP contribution in [0.3, 0.4) is 0 Å². The molecule has 0 aliphatic carbocycles. The van der Waals surface area contributed by atoms with Gasteiger partial charge >= 0.3 is 5.69 Å². The average molecular weight is 427 g/mol. The number of fused-ring (bicyclic) bond motifs is 1. The van der Waals surface area contributed by atoms with E-state index in [-0.39, 0.29) is 18.3 Å². The van der Waals surface area contributed by atoms with Crippen molar-refractivity contribution in [2.75, 3.05) is 0 Å². The van der Waals surface area contributed by atoms with Crippen LogP contribution >= 0.6 is 11.6 Å². The van der Waals surface area contributed by atoms with Gasteiger partial charge in [0.1, 0.15) is 5.82 Å². The van der Waals surface area contributed by atoms with Crippen LogP contribution in [0.15, 0.2) is 64.4 Å². The normalized spacial score (nSPS) is 11.5. The first-order chi connectivity index (χ1) is 14.3. The first-order valence-corrected chi connectivity index (χ1v) is 9.94. The first kappa shape index (κ1) is 20.1. The van der Waals surface area contributed by atoms with E-state index < -0.39 is 11.2 Å². The number of hydrogen-bond donors (Lipinski definition) is 0. The van der Waals surface area contributed by atoms with Crippen LogP contribution in [0.4, 0.5) is 4.39 Å². The Morgan fingerprint density at radius 2 is 1.70 bits per heavy atom. The summed E-state index contributed by atoms with van der Waals surface area (Å²) < 4.78 is 17.6. The fraction of sp³-hybridized carbons (Fsp3) is 0.227. The highest BCUT2D eigenvalue weighted by molar-refractivity contribution is 6.30. The molecule has 0 aliphatic heterocycles. The number of hydrogen-bond acceptors (Lipinski definition) is 3. The van der Waals surface area contributed by atoms with E-state index in [4.69, 9.17) is 11.6 Å². The first-order valence-electron chi connectivity index (χ1n) is 9.56. The third kappa shape index (κ3) is 3.68. The molecule has 154 valence electrons. The molecule has 0 saturated heterocycles. The van der Waals surface area contributed by atoms with Crippen molar-refractivity contribution >= 4 is 22.8 Å². The summed E-state index contributed by atoms with van der Waals surface area (Å²) in [5.74, 6) is -0.0987. The zero-order valence-electron chi connectivity index (χ0n) is 16.5. The maximum absolute atomic E-state index is 13.4. The molecule has 0 radical (unpaired) electrons. The van der Waals surface area contributed by atoms with Gasteiger partial charge in [-0.2, -0.15) is 0 Å². The number of imidazole rings is 1. The van der Waals surface area contributed by atoms with Crippen LogP contribution in [0.25, 0.3) is 16.9 Å². The Kier molecular flexibility index (Phi) is 5.30. The Morgan fingerprint density at radius 1 is 1.03 bits per heavy atom. The molecule has 0 aliphatic rings. The highest BCUT2D eigenvalue weighted by Gasteiger charge is 2.19. The van der Waals surface area contributed by atoms with Crippen molar-refractivity contribution in [2.24, 2.45) is 5.92 Å². The van der Waals surface area contributed by atoms with E-state index in [1.807, 2.05) is 13.8 Å². The van der Waals surface area contributed by atoms with E-state index in [0.29, 0.717) is 34.0 Å². The van der Waals surface area contributed by atoms with Gasteiger partial charge in [-0.1, -0.05) is 37.6 Å². The van der Waals surface area contributed by atoms with Crippen molar-refractivity contribution in [2.45, 2.75) is 26.9 Å². The zero-order chi connectivity index (χ0) is 21.4. The van der Waals surface area contributed by atoms with E-state index in [2.05, 4.69) is 4.98 Å². The van der Waals surface area contributed by atoms with Gasteiger partial charge in [0.25, 0.3) is 5.56 Å². The Hall–Kier alpha value is -3.19. The van der Waals surface area contributed by atoms with Crippen molar-refractivity contribution in [3.8, 4) is 5.69 Å². The van der Waals surface area contributed by atoms with Gasteiger partial charge < -0.3 is 4.57 Å². The Morgan fingerprint density at radius 3 is 2.33 bits per heavy atom. The summed E-state index contributed by atoms with van der Waals surface area (Å²) in [7, 11) is 0. The van der Waals surface area contributed by atoms with Crippen LogP contribution in [-0.2, 0) is 13.1 Å². The molecule has 4 rings (SSSR count). The minimum Gasteiger partial charge on any atom is -0.324 e. The quantitative estimate of drug-likeness (QED) is 0.487. The van der Waals surface area contributed by atoms with Gasteiger partial charge in [0.05, 0.1) is 18.6 Å². The minimum absolute atomic E-state index is 0.0222. The lowest BCUT2D eigenvalue weighted by molar-refractivity contribution is 0.530. The summed E-state index contributed by atoms with van der Waals surface area (Å²) in [6.45, 7) is 4.69. The molecule has 2 aromatic heterocycles. The van der Waals surface area contributed by atoms with E-state index in [0.717, 1.165) is 4.57 Å². The molecule has 0 bridgehead atoms. The fourth-order valence-electron chi connectivity index (χ4n) is 3.45. The van der Waals surface area contributed by atoms with Gasteiger partial charge in [0.2, 0.25) is 0 Å². The van der Waals surface area contributed by atoms with Gasteiger partial charge in [0.15, 0.2) is 11.2 Å². The number of nitrogens with zero attached hydrogens (tertiary/aromatic N) is 4. The lowest BCUT2D eigenvalue weighted by atomic mass is 10.2. The van der Waals surface area contributed by atoms with Crippen LogP contribution in [0, 0.1) is 11.7 Å². The highest BCUT2D eigenvalue weighted by atomic mass is 35.5. The predicted molar refractivity (Wildman–Crippen MR) is 115 cm³/mol. The topological polar surface area (TPSA) is 61.8 Å². The number of halogens is 2. The minimum atomic E-state index is -0.519. The molecule has 0 fully saturated rings. The van der Waals surface area contributed by atoms with E-state index in [9.17, 15) is 14.0 Å². The highest BCUT2D eigenvalue weighted by Crippen LogP contribution is 2.17. The van der Waals surface area contributed by atoms with Gasteiger partial charge in [-0.05, 0) is 47.9 Å². The van der Waals surface area contributed by atoms with E-state index >= 15 is 0 Å². The van der Waals surface area contributed by atoms with Crippen LogP contribution in [0.5, 0.6) is 0 Å². The summed E-state index contributed by atoms with van der Waals surface area (Å²) in [4.78, 5) is 31.1. The second-order valence-corrected chi connectivity index (χ2v) is 8.01. The number of benzene rings is 2. The lowest BCUT2D eigenvalue weighted by Crippen LogP contribution is -2.40. The molecular formula is C22H20ClFN4O2. The monoisotopic (exact) mass is 426 g/mol. The van der Waals surface area contributed by atoms with Crippen molar-refractivity contribution in [1.29, 1.82) is 0 Å². The second kappa shape index (κ2) is 7.91. The number of aromatic nitrogens is 4. The molecule has 30 heavy (non-hydrogen) atoms. The van der Waals surface area contributed by atoms with Crippen molar-refractivity contribution in [3.05, 3.63) is 92.1 Å². The zero-order valence-corrected chi connectivity index (χ0v) is 17.3. The van der Waals surface area contributed by atoms with Gasteiger partial charge in [-0.25, -0.2) is 18.7 Å².